The summed E-state index contributed by atoms with van der Waals surface area (Å²) < 4.78 is 27.8. The van der Waals surface area contributed by atoms with Gasteiger partial charge in [0.25, 0.3) is 11.7 Å². The highest BCUT2D eigenvalue weighted by Crippen LogP contribution is 2.38. The number of hydrogen-bond acceptors (Lipinski definition) is 7. The fourth-order valence-corrected chi connectivity index (χ4v) is 4.66. The molecule has 0 atom stereocenters. The van der Waals surface area contributed by atoms with Crippen molar-refractivity contribution in [1.82, 2.24) is 24.6 Å². The minimum atomic E-state index is -0.522. The van der Waals surface area contributed by atoms with Gasteiger partial charge in [-0.15, -0.1) is 5.10 Å². The van der Waals surface area contributed by atoms with Crippen LogP contribution in [0.5, 0.6) is 0 Å². The Bertz CT molecular complexity index is 1530. The van der Waals surface area contributed by atoms with Gasteiger partial charge in [-0.05, 0) is 64.5 Å². The number of anilines is 1. The monoisotopic (exact) mass is 490 g/mol. The molecule has 1 amide bonds. The van der Waals surface area contributed by atoms with Gasteiger partial charge in [-0.25, -0.2) is 18.9 Å². The van der Waals surface area contributed by atoms with E-state index in [-0.39, 0.29) is 22.7 Å². The van der Waals surface area contributed by atoms with Crippen molar-refractivity contribution in [2.24, 2.45) is 0 Å². The van der Waals surface area contributed by atoms with Crippen molar-refractivity contribution in [2.45, 2.75) is 59.2 Å². The van der Waals surface area contributed by atoms with Crippen LogP contribution in [0.2, 0.25) is 0 Å². The SMILES string of the molecule is Cc1nc(C)c(C(=O)Nc2ccc(F)c(-c3nc4ncc(C5=CC(C)(C)OC(C)(C)C5)cn4n3)c2)o1. The molecule has 0 bridgehead atoms. The average molecular weight is 491 g/mol. The first kappa shape index (κ1) is 23.8. The van der Waals surface area contributed by atoms with Gasteiger partial charge in [-0.2, -0.15) is 4.98 Å². The van der Waals surface area contributed by atoms with Crippen molar-refractivity contribution >= 4 is 22.9 Å². The number of carbonyl (C=O) groups is 1. The zero-order chi connectivity index (χ0) is 25.8. The number of fused-ring (bicyclic) bond motifs is 1. The van der Waals surface area contributed by atoms with Gasteiger partial charge in [-0.3, -0.25) is 4.79 Å². The van der Waals surface area contributed by atoms with Crippen LogP contribution in [0.15, 0.2) is 41.1 Å². The first-order valence-electron chi connectivity index (χ1n) is 11.6. The van der Waals surface area contributed by atoms with Gasteiger partial charge in [0.05, 0.1) is 22.5 Å². The summed E-state index contributed by atoms with van der Waals surface area (Å²) in [5.41, 5.74) is 2.22. The smallest absolute Gasteiger partial charge is 0.293 e. The molecular weight excluding hydrogens is 463 g/mol. The second kappa shape index (κ2) is 8.34. The fraction of sp³-hybridized carbons (Fsp3) is 0.346. The molecule has 1 aliphatic rings. The molecule has 36 heavy (non-hydrogen) atoms. The van der Waals surface area contributed by atoms with E-state index in [1.807, 2.05) is 20.0 Å². The number of aryl methyl sites for hydroxylation is 2. The molecule has 1 aromatic carbocycles. The van der Waals surface area contributed by atoms with E-state index in [2.05, 4.69) is 45.3 Å². The van der Waals surface area contributed by atoms with Crippen LogP contribution in [0.1, 0.15) is 61.8 Å². The first-order valence-corrected chi connectivity index (χ1v) is 11.6. The van der Waals surface area contributed by atoms with Crippen molar-refractivity contribution in [1.29, 1.82) is 0 Å². The van der Waals surface area contributed by atoms with Crippen LogP contribution >= 0.6 is 0 Å². The van der Waals surface area contributed by atoms with Crippen LogP contribution in [0.25, 0.3) is 22.7 Å². The molecule has 5 rings (SSSR count). The maximum Gasteiger partial charge on any atom is 0.293 e. The highest BCUT2D eigenvalue weighted by Gasteiger charge is 2.34. The molecule has 0 unspecified atom stereocenters. The predicted octanol–water partition coefficient (Wildman–Crippen LogP) is 5.15. The highest BCUT2D eigenvalue weighted by atomic mass is 19.1. The van der Waals surface area contributed by atoms with E-state index in [1.54, 1.807) is 20.0 Å². The molecule has 0 saturated carbocycles. The molecule has 0 fully saturated rings. The minimum Gasteiger partial charge on any atom is -0.436 e. The van der Waals surface area contributed by atoms with E-state index in [0.29, 0.717) is 29.5 Å². The second-order valence-corrected chi connectivity index (χ2v) is 10.1. The topological polar surface area (TPSA) is 107 Å². The number of ether oxygens (including phenoxy) is 1. The summed E-state index contributed by atoms with van der Waals surface area (Å²) in [5, 5.41) is 7.19. The Kier molecular flexibility index (Phi) is 5.51. The quantitative estimate of drug-likeness (QED) is 0.422. The third-order valence-electron chi connectivity index (χ3n) is 5.82. The van der Waals surface area contributed by atoms with Gasteiger partial charge in [0.2, 0.25) is 5.76 Å². The van der Waals surface area contributed by atoms with Gasteiger partial charge >= 0.3 is 0 Å². The van der Waals surface area contributed by atoms with E-state index in [1.165, 1.54) is 22.7 Å². The molecule has 0 spiro atoms. The predicted molar refractivity (Wildman–Crippen MR) is 132 cm³/mol. The van der Waals surface area contributed by atoms with E-state index < -0.39 is 17.3 Å². The number of halogens is 1. The number of carbonyl (C=O) groups excluding carboxylic acids is 1. The van der Waals surface area contributed by atoms with Crippen LogP contribution in [0.3, 0.4) is 0 Å². The highest BCUT2D eigenvalue weighted by molar-refractivity contribution is 6.03. The van der Waals surface area contributed by atoms with Crippen molar-refractivity contribution in [3.05, 3.63) is 65.4 Å². The van der Waals surface area contributed by atoms with Gasteiger partial charge < -0.3 is 14.5 Å². The Morgan fingerprint density at radius 1 is 1.17 bits per heavy atom. The van der Waals surface area contributed by atoms with Crippen LogP contribution in [0, 0.1) is 19.7 Å². The zero-order valence-corrected chi connectivity index (χ0v) is 21.0. The Morgan fingerprint density at radius 3 is 2.64 bits per heavy atom. The molecule has 3 aromatic heterocycles. The van der Waals surface area contributed by atoms with Crippen LogP contribution in [-0.4, -0.2) is 41.7 Å². The summed E-state index contributed by atoms with van der Waals surface area (Å²) in [6.45, 7) is 11.5. The molecule has 0 radical (unpaired) electrons. The molecule has 0 saturated heterocycles. The fourth-order valence-electron chi connectivity index (χ4n) is 4.66. The molecule has 10 heteroatoms. The summed E-state index contributed by atoms with van der Waals surface area (Å²) in [4.78, 5) is 25.6. The second-order valence-electron chi connectivity index (χ2n) is 10.1. The van der Waals surface area contributed by atoms with E-state index in [9.17, 15) is 9.18 Å². The Labute approximate surface area is 207 Å². The van der Waals surface area contributed by atoms with Crippen molar-refractivity contribution in [2.75, 3.05) is 5.32 Å². The molecule has 186 valence electrons. The molecule has 4 heterocycles. The number of amides is 1. The molecular formula is C26H27FN6O3. The van der Waals surface area contributed by atoms with E-state index in [0.717, 1.165) is 11.1 Å². The molecule has 0 aliphatic carbocycles. The summed E-state index contributed by atoms with van der Waals surface area (Å²) in [6, 6.07) is 4.20. The number of benzene rings is 1. The summed E-state index contributed by atoms with van der Waals surface area (Å²) in [6.07, 6.45) is 6.38. The lowest BCUT2D eigenvalue weighted by atomic mass is 9.87. The van der Waals surface area contributed by atoms with Gasteiger partial charge in [-0.1, -0.05) is 0 Å². The summed E-state index contributed by atoms with van der Waals surface area (Å²) >= 11 is 0. The summed E-state index contributed by atoms with van der Waals surface area (Å²) in [7, 11) is 0. The van der Waals surface area contributed by atoms with Crippen LogP contribution < -0.4 is 5.32 Å². The van der Waals surface area contributed by atoms with Crippen LogP contribution in [0.4, 0.5) is 10.1 Å². The largest absolute Gasteiger partial charge is 0.436 e. The Hall–Kier alpha value is -3.92. The third-order valence-corrected chi connectivity index (χ3v) is 5.82. The molecule has 9 nitrogen and oxygen atoms in total. The molecule has 1 N–H and O–H groups in total. The standard InChI is InChI=1S/C26H27FN6O3/c1-14-21(35-15(2)29-14)23(34)30-18-7-8-20(27)19(9-18)22-31-24-28-12-17(13-33(24)32-22)16-10-25(3,4)36-26(5,6)11-16/h7-10,12-13H,11H2,1-6H3,(H,30,34). The lowest BCUT2D eigenvalue weighted by Gasteiger charge is -2.40. The van der Waals surface area contributed by atoms with Gasteiger partial charge in [0.15, 0.2) is 11.7 Å². The van der Waals surface area contributed by atoms with Crippen molar-refractivity contribution < 1.29 is 18.3 Å². The van der Waals surface area contributed by atoms with Gasteiger partial charge in [0.1, 0.15) is 5.82 Å². The molecule has 4 aromatic rings. The van der Waals surface area contributed by atoms with Crippen molar-refractivity contribution in [3.8, 4) is 11.4 Å². The maximum absolute atomic E-state index is 14.8. The van der Waals surface area contributed by atoms with Crippen LogP contribution in [-0.2, 0) is 4.74 Å². The number of aromatic nitrogens is 5. The van der Waals surface area contributed by atoms with Gasteiger partial charge in [0, 0.05) is 37.0 Å². The Morgan fingerprint density at radius 2 is 1.94 bits per heavy atom. The minimum absolute atomic E-state index is 0.106. The Balaban J connectivity index is 1.46. The first-order chi connectivity index (χ1) is 16.9. The maximum atomic E-state index is 14.8. The number of nitrogens with zero attached hydrogens (tertiary/aromatic N) is 5. The lowest BCUT2D eigenvalue weighted by molar-refractivity contribution is -0.100. The molecule has 1 aliphatic heterocycles. The number of hydrogen-bond donors (Lipinski definition) is 1. The van der Waals surface area contributed by atoms with Crippen molar-refractivity contribution in [3.63, 3.8) is 0 Å². The lowest BCUT2D eigenvalue weighted by Crippen LogP contribution is -2.39. The third kappa shape index (κ3) is 4.64. The summed E-state index contributed by atoms with van der Waals surface area (Å²) in [5.74, 6) is -0.0124. The number of oxazole rings is 1. The average Bonchev–Trinajstić information content (AvgIpc) is 3.34. The zero-order valence-electron chi connectivity index (χ0n) is 21.0. The van der Waals surface area contributed by atoms with E-state index >= 15 is 0 Å². The normalized spacial score (nSPS) is 16.7. The number of nitrogens with one attached hydrogen (secondary N) is 1. The number of rotatable bonds is 4. The van der Waals surface area contributed by atoms with E-state index in [4.69, 9.17) is 9.15 Å².